The number of β-amino-alcohol motifs (C(OH)–C–C–N with tert-alkyl or cyclic N) is 1. The number of hydrogen-bond donors (Lipinski definition) is 2. The van der Waals surface area contributed by atoms with Gasteiger partial charge in [0.25, 0.3) is 0 Å². The predicted molar refractivity (Wildman–Crippen MR) is 111 cm³/mol. The Kier molecular flexibility index (Phi) is 6.42. The lowest BCUT2D eigenvalue weighted by atomic mass is 9.99. The van der Waals surface area contributed by atoms with Crippen LogP contribution >= 0.6 is 0 Å². The largest absolute Gasteiger partial charge is 0.390 e. The Hall–Kier alpha value is -1.73. The number of aromatic nitrogens is 2. The lowest BCUT2D eigenvalue weighted by Crippen LogP contribution is -2.58. The molecule has 2 aromatic rings. The van der Waals surface area contributed by atoms with Crippen molar-refractivity contribution in [3.63, 3.8) is 0 Å². The minimum absolute atomic E-state index is 0.273. The Morgan fingerprint density at radius 1 is 1.07 bits per heavy atom. The molecule has 0 spiro atoms. The monoisotopic (exact) mass is 383 g/mol. The zero-order valence-corrected chi connectivity index (χ0v) is 16.9. The van der Waals surface area contributed by atoms with E-state index in [0.29, 0.717) is 6.04 Å². The first-order valence-electron chi connectivity index (χ1n) is 10.6. The molecule has 1 aromatic carbocycles. The van der Waals surface area contributed by atoms with Gasteiger partial charge in [0, 0.05) is 64.1 Å². The summed E-state index contributed by atoms with van der Waals surface area (Å²) in [4.78, 5) is 7.40. The normalized spacial score (nSPS) is 25.2. The van der Waals surface area contributed by atoms with Gasteiger partial charge in [-0.2, -0.15) is 5.10 Å². The lowest BCUT2D eigenvalue weighted by molar-refractivity contribution is -0.0310. The van der Waals surface area contributed by atoms with Crippen LogP contribution in [0, 0.1) is 6.92 Å². The van der Waals surface area contributed by atoms with Crippen LogP contribution in [0.15, 0.2) is 36.4 Å². The summed E-state index contributed by atoms with van der Waals surface area (Å²) in [6, 6.07) is 13.1. The highest BCUT2D eigenvalue weighted by molar-refractivity contribution is 5.15. The first-order valence-corrected chi connectivity index (χ1v) is 10.6. The molecular formula is C22H33N5O. The van der Waals surface area contributed by atoms with E-state index in [0.717, 1.165) is 76.6 Å². The van der Waals surface area contributed by atoms with Crippen molar-refractivity contribution in [1.29, 1.82) is 0 Å². The molecule has 0 bridgehead atoms. The maximum Gasteiger partial charge on any atom is 0.0822 e. The standard InChI is InChI=1S/C22H33N5O/c1-18-15-20(24-23-18)16-26-10-8-21(22(28)17-26)27-13-11-25(12-14-27)9-7-19-5-3-2-4-6-19/h2-6,15,21-22,28H,7-14,16-17H2,1H3,(H,23,24)/t21-,22-/m1/s1. The third-order valence-electron chi connectivity index (χ3n) is 6.21. The molecule has 0 saturated carbocycles. The number of benzene rings is 1. The fourth-order valence-electron chi connectivity index (χ4n) is 4.59. The molecule has 6 heteroatoms. The summed E-state index contributed by atoms with van der Waals surface area (Å²) in [5.41, 5.74) is 3.57. The van der Waals surface area contributed by atoms with Crippen molar-refractivity contribution in [1.82, 2.24) is 24.9 Å². The van der Waals surface area contributed by atoms with Crippen LogP contribution in [-0.2, 0) is 13.0 Å². The molecule has 2 aliphatic rings. The van der Waals surface area contributed by atoms with Crippen molar-refractivity contribution in [3.8, 4) is 0 Å². The van der Waals surface area contributed by atoms with Gasteiger partial charge in [0.15, 0.2) is 0 Å². The topological polar surface area (TPSA) is 58.6 Å². The molecule has 2 fully saturated rings. The molecule has 28 heavy (non-hydrogen) atoms. The smallest absolute Gasteiger partial charge is 0.0822 e. The zero-order valence-electron chi connectivity index (χ0n) is 16.9. The molecule has 0 aliphatic carbocycles. The van der Waals surface area contributed by atoms with E-state index in [-0.39, 0.29) is 6.10 Å². The van der Waals surface area contributed by atoms with Gasteiger partial charge in [-0.25, -0.2) is 0 Å². The van der Waals surface area contributed by atoms with Crippen molar-refractivity contribution < 1.29 is 5.11 Å². The highest BCUT2D eigenvalue weighted by Crippen LogP contribution is 2.20. The highest BCUT2D eigenvalue weighted by Gasteiger charge is 2.33. The van der Waals surface area contributed by atoms with Crippen LogP contribution < -0.4 is 0 Å². The number of H-pyrrole nitrogens is 1. The maximum absolute atomic E-state index is 10.8. The van der Waals surface area contributed by atoms with Crippen LogP contribution in [0.2, 0.25) is 0 Å². The van der Waals surface area contributed by atoms with Crippen molar-refractivity contribution in [2.24, 2.45) is 0 Å². The van der Waals surface area contributed by atoms with Gasteiger partial charge in [0.1, 0.15) is 0 Å². The molecule has 0 unspecified atom stereocenters. The Morgan fingerprint density at radius 3 is 2.54 bits per heavy atom. The average molecular weight is 384 g/mol. The van der Waals surface area contributed by atoms with Crippen molar-refractivity contribution in [3.05, 3.63) is 53.3 Å². The number of aryl methyl sites for hydroxylation is 1. The van der Waals surface area contributed by atoms with Gasteiger partial charge in [0.2, 0.25) is 0 Å². The summed E-state index contributed by atoms with van der Waals surface area (Å²) in [6.07, 6.45) is 1.88. The Morgan fingerprint density at radius 2 is 1.86 bits per heavy atom. The number of likely N-dealkylation sites (tertiary alicyclic amines) is 1. The average Bonchev–Trinajstić information content (AvgIpc) is 3.12. The van der Waals surface area contributed by atoms with Gasteiger partial charge in [-0.05, 0) is 31.4 Å². The number of nitrogens with zero attached hydrogens (tertiary/aromatic N) is 4. The molecule has 6 nitrogen and oxygen atoms in total. The first-order chi connectivity index (χ1) is 13.7. The van der Waals surface area contributed by atoms with E-state index < -0.39 is 0 Å². The van der Waals surface area contributed by atoms with E-state index in [4.69, 9.17) is 0 Å². The molecule has 2 N–H and O–H groups in total. The van der Waals surface area contributed by atoms with Crippen molar-refractivity contribution in [2.45, 2.75) is 38.5 Å². The predicted octanol–water partition coefficient (Wildman–Crippen LogP) is 1.51. The number of piperazine rings is 1. The number of aromatic amines is 1. The summed E-state index contributed by atoms with van der Waals surface area (Å²) < 4.78 is 0. The molecule has 2 atom stereocenters. The summed E-state index contributed by atoms with van der Waals surface area (Å²) in [5.74, 6) is 0. The fourth-order valence-corrected chi connectivity index (χ4v) is 4.59. The van der Waals surface area contributed by atoms with Gasteiger partial charge >= 0.3 is 0 Å². The summed E-state index contributed by atoms with van der Waals surface area (Å²) in [5, 5.41) is 18.1. The SMILES string of the molecule is Cc1cc(CN2CC[C@@H](N3CCN(CCc4ccccc4)CC3)[C@H](O)C2)n[nH]1. The zero-order chi connectivity index (χ0) is 19.3. The van der Waals surface area contributed by atoms with Crippen LogP contribution in [0.25, 0.3) is 0 Å². The van der Waals surface area contributed by atoms with Crippen molar-refractivity contribution in [2.75, 3.05) is 45.8 Å². The van der Waals surface area contributed by atoms with Gasteiger partial charge in [0.05, 0.1) is 11.8 Å². The molecular weight excluding hydrogens is 350 g/mol. The Labute approximate surface area is 168 Å². The maximum atomic E-state index is 10.8. The minimum atomic E-state index is -0.273. The number of piperidine rings is 1. The second-order valence-electron chi connectivity index (χ2n) is 8.31. The lowest BCUT2D eigenvalue weighted by Gasteiger charge is -2.45. The number of rotatable bonds is 6. The second-order valence-corrected chi connectivity index (χ2v) is 8.31. The van der Waals surface area contributed by atoms with Crippen LogP contribution in [0.5, 0.6) is 0 Å². The Bertz CT molecular complexity index is 726. The molecule has 2 saturated heterocycles. The Balaban J connectivity index is 1.20. The third-order valence-corrected chi connectivity index (χ3v) is 6.21. The number of hydrogen-bond acceptors (Lipinski definition) is 5. The van der Waals surface area contributed by atoms with E-state index in [1.165, 1.54) is 5.56 Å². The summed E-state index contributed by atoms with van der Waals surface area (Å²) in [6.45, 7) is 10.1. The molecule has 1 aromatic heterocycles. The van der Waals surface area contributed by atoms with E-state index in [1.54, 1.807) is 0 Å². The number of nitrogens with one attached hydrogen (secondary N) is 1. The van der Waals surface area contributed by atoms with Crippen LogP contribution in [0.4, 0.5) is 0 Å². The van der Waals surface area contributed by atoms with Gasteiger partial charge in [-0.3, -0.25) is 14.9 Å². The number of aliphatic hydroxyl groups excluding tert-OH is 1. The fraction of sp³-hybridized carbons (Fsp3) is 0.591. The quantitative estimate of drug-likeness (QED) is 0.792. The third kappa shape index (κ3) is 5.00. The van der Waals surface area contributed by atoms with Crippen LogP contribution in [0.1, 0.15) is 23.4 Å². The molecule has 0 radical (unpaired) electrons. The molecule has 4 rings (SSSR count). The highest BCUT2D eigenvalue weighted by atomic mass is 16.3. The second kappa shape index (κ2) is 9.18. The van der Waals surface area contributed by atoms with E-state index >= 15 is 0 Å². The van der Waals surface area contributed by atoms with Gasteiger partial charge in [-0.15, -0.1) is 0 Å². The molecule has 152 valence electrons. The van der Waals surface area contributed by atoms with Crippen molar-refractivity contribution >= 4 is 0 Å². The first kappa shape index (κ1) is 19.6. The van der Waals surface area contributed by atoms with E-state index in [1.807, 2.05) is 6.92 Å². The molecule has 3 heterocycles. The van der Waals surface area contributed by atoms with E-state index in [2.05, 4.69) is 61.3 Å². The van der Waals surface area contributed by atoms with Gasteiger partial charge < -0.3 is 10.0 Å². The number of aliphatic hydroxyl groups is 1. The molecule has 0 amide bonds. The molecule has 2 aliphatic heterocycles. The summed E-state index contributed by atoms with van der Waals surface area (Å²) in [7, 11) is 0. The minimum Gasteiger partial charge on any atom is -0.390 e. The summed E-state index contributed by atoms with van der Waals surface area (Å²) >= 11 is 0. The van der Waals surface area contributed by atoms with Crippen LogP contribution in [0.3, 0.4) is 0 Å². The van der Waals surface area contributed by atoms with Crippen LogP contribution in [-0.4, -0.2) is 88.0 Å². The van der Waals surface area contributed by atoms with E-state index in [9.17, 15) is 5.11 Å². The van der Waals surface area contributed by atoms with Gasteiger partial charge in [-0.1, -0.05) is 30.3 Å².